The van der Waals surface area contributed by atoms with E-state index in [-0.39, 0.29) is 23.4 Å². The van der Waals surface area contributed by atoms with Gasteiger partial charge in [0, 0.05) is 43.8 Å². The molecule has 4 aliphatic rings. The lowest BCUT2D eigenvalue weighted by Crippen LogP contribution is -2.54. The van der Waals surface area contributed by atoms with E-state index in [2.05, 4.69) is 42.4 Å². The molecule has 0 unspecified atom stereocenters. The molecule has 32 heavy (non-hydrogen) atoms. The van der Waals surface area contributed by atoms with Gasteiger partial charge in [0.2, 0.25) is 0 Å². The Morgan fingerprint density at radius 3 is 2.75 bits per heavy atom. The van der Waals surface area contributed by atoms with Crippen LogP contribution in [0.1, 0.15) is 46.0 Å². The van der Waals surface area contributed by atoms with Gasteiger partial charge < -0.3 is 14.4 Å². The zero-order chi connectivity index (χ0) is 22.5. The van der Waals surface area contributed by atoms with Gasteiger partial charge in [-0.05, 0) is 74.6 Å². The van der Waals surface area contributed by atoms with Gasteiger partial charge in [0.1, 0.15) is 11.9 Å². The number of hydrogen-bond acceptors (Lipinski definition) is 5. The summed E-state index contributed by atoms with van der Waals surface area (Å²) in [5.41, 5.74) is 2.92. The van der Waals surface area contributed by atoms with Gasteiger partial charge in [-0.2, -0.15) is 0 Å². The van der Waals surface area contributed by atoms with Crippen LogP contribution in [0.2, 0.25) is 0 Å². The second-order valence-corrected chi connectivity index (χ2v) is 10.9. The highest BCUT2D eigenvalue weighted by molar-refractivity contribution is 5.75. The number of rotatable bonds is 4. The number of anilines is 1. The molecule has 2 aliphatic heterocycles. The summed E-state index contributed by atoms with van der Waals surface area (Å²) in [5.74, 6) is 1.85. The Labute approximate surface area is 192 Å². The number of methoxy groups -OCH3 is 1. The number of nitrogens with zero attached hydrogens (tertiary/aromatic N) is 2. The molecule has 0 amide bonds. The minimum absolute atomic E-state index is 0.0130. The molecule has 5 heteroatoms. The molecule has 0 N–H and O–H groups in total. The highest BCUT2D eigenvalue weighted by Gasteiger charge is 2.55. The summed E-state index contributed by atoms with van der Waals surface area (Å²) in [5, 5.41) is 0. The van der Waals surface area contributed by atoms with Crippen LogP contribution in [0.15, 0.2) is 36.4 Å². The smallest absolute Gasteiger partial charge is 0.310 e. The van der Waals surface area contributed by atoms with E-state index < -0.39 is 0 Å². The Bertz CT molecular complexity index is 868. The third-order valence-corrected chi connectivity index (χ3v) is 8.89. The minimum Gasteiger partial charge on any atom is -0.497 e. The van der Waals surface area contributed by atoms with Crippen molar-refractivity contribution in [2.45, 2.75) is 58.1 Å². The van der Waals surface area contributed by atoms with Gasteiger partial charge in [-0.3, -0.25) is 9.69 Å². The van der Waals surface area contributed by atoms with Gasteiger partial charge in [-0.1, -0.05) is 19.1 Å². The van der Waals surface area contributed by atoms with Crippen LogP contribution < -0.4 is 9.64 Å². The quantitative estimate of drug-likeness (QED) is 0.511. The van der Waals surface area contributed by atoms with Crippen molar-refractivity contribution in [2.75, 3.05) is 38.2 Å². The number of carbonyl (C=O) groups excluding carboxylic acids is 1. The first-order valence-corrected chi connectivity index (χ1v) is 12.4. The molecule has 0 aromatic heterocycles. The van der Waals surface area contributed by atoms with Crippen LogP contribution in [0.5, 0.6) is 5.75 Å². The zero-order valence-corrected chi connectivity index (χ0v) is 19.9. The molecule has 2 saturated carbocycles. The SMILES string of the molecule is C=C1CCC[C@]2(C)C[C@H]3OC(=O)[C@H](CN4CCN(c5ccc(OC)cc5)[C@@H](C)C4)[C@H]3C[C@H]12. The van der Waals surface area contributed by atoms with E-state index in [4.69, 9.17) is 9.47 Å². The average Bonchev–Trinajstić information content (AvgIpc) is 3.06. The summed E-state index contributed by atoms with van der Waals surface area (Å²) in [6, 6.07) is 8.73. The van der Waals surface area contributed by atoms with Gasteiger partial charge in [0.05, 0.1) is 13.0 Å². The average molecular weight is 439 g/mol. The maximum atomic E-state index is 12.9. The second-order valence-electron chi connectivity index (χ2n) is 10.9. The molecule has 0 bridgehead atoms. The number of carbonyl (C=O) groups is 1. The van der Waals surface area contributed by atoms with Crippen molar-refractivity contribution in [2.24, 2.45) is 23.2 Å². The van der Waals surface area contributed by atoms with Crippen LogP contribution in [0, 0.1) is 23.2 Å². The molecular formula is C27H38N2O3. The standard InChI is InChI=1S/C27H38N2O3/c1-18-6-5-11-27(3)15-25-22(14-24(18)27)23(26(30)32-25)17-28-12-13-29(19(2)16-28)20-7-9-21(31-4)10-8-20/h7-10,19,22-25H,1,5-6,11-17H2,2-4H3/t19-,22+,23+,24+,25+,27+/m0/s1. The maximum Gasteiger partial charge on any atom is 0.310 e. The minimum atomic E-state index is 0.0130. The predicted molar refractivity (Wildman–Crippen MR) is 127 cm³/mol. The third-order valence-electron chi connectivity index (χ3n) is 8.89. The van der Waals surface area contributed by atoms with Gasteiger partial charge in [0.15, 0.2) is 0 Å². The first-order valence-electron chi connectivity index (χ1n) is 12.4. The van der Waals surface area contributed by atoms with Crippen LogP contribution in [-0.2, 0) is 9.53 Å². The fourth-order valence-electron chi connectivity index (χ4n) is 7.10. The van der Waals surface area contributed by atoms with E-state index in [0.29, 0.717) is 17.9 Å². The molecule has 0 spiro atoms. The number of piperazine rings is 1. The number of allylic oxidation sites excluding steroid dienone is 1. The molecule has 2 aliphatic carbocycles. The predicted octanol–water partition coefficient (Wildman–Crippen LogP) is 4.52. The summed E-state index contributed by atoms with van der Waals surface area (Å²) in [6.07, 6.45) is 5.84. The largest absolute Gasteiger partial charge is 0.497 e. The van der Waals surface area contributed by atoms with Gasteiger partial charge >= 0.3 is 5.97 Å². The highest BCUT2D eigenvalue weighted by Crippen LogP contribution is 2.57. The number of benzene rings is 1. The lowest BCUT2D eigenvalue weighted by Gasteiger charge is -2.50. The molecule has 4 fully saturated rings. The van der Waals surface area contributed by atoms with Gasteiger partial charge in [0.25, 0.3) is 0 Å². The second kappa shape index (κ2) is 8.40. The van der Waals surface area contributed by atoms with E-state index in [1.165, 1.54) is 24.1 Å². The van der Waals surface area contributed by atoms with E-state index in [1.807, 2.05) is 12.1 Å². The van der Waals surface area contributed by atoms with Crippen LogP contribution in [-0.4, -0.2) is 56.3 Å². The van der Waals surface area contributed by atoms with E-state index >= 15 is 0 Å². The summed E-state index contributed by atoms with van der Waals surface area (Å²) in [6.45, 7) is 12.9. The summed E-state index contributed by atoms with van der Waals surface area (Å²) in [4.78, 5) is 17.9. The Morgan fingerprint density at radius 1 is 1.25 bits per heavy atom. The third kappa shape index (κ3) is 3.83. The van der Waals surface area contributed by atoms with Crippen molar-refractivity contribution in [3.63, 3.8) is 0 Å². The van der Waals surface area contributed by atoms with Crippen molar-refractivity contribution < 1.29 is 14.3 Å². The molecule has 0 radical (unpaired) electrons. The fraction of sp³-hybridized carbons (Fsp3) is 0.667. The Hall–Kier alpha value is -2.01. The molecule has 174 valence electrons. The van der Waals surface area contributed by atoms with Crippen LogP contribution >= 0.6 is 0 Å². The van der Waals surface area contributed by atoms with Gasteiger partial charge in [-0.25, -0.2) is 0 Å². The topological polar surface area (TPSA) is 42.0 Å². The fourth-order valence-corrected chi connectivity index (χ4v) is 7.10. The number of fused-ring (bicyclic) bond motifs is 2. The maximum absolute atomic E-state index is 12.9. The molecule has 2 saturated heterocycles. The number of hydrogen-bond donors (Lipinski definition) is 0. The number of esters is 1. The van der Waals surface area contributed by atoms with E-state index in [0.717, 1.165) is 51.2 Å². The first kappa shape index (κ1) is 21.8. The van der Waals surface area contributed by atoms with Crippen molar-refractivity contribution in [3.8, 4) is 5.75 Å². The molecule has 1 aromatic rings. The molecular weight excluding hydrogens is 400 g/mol. The Kier molecular flexibility index (Phi) is 5.73. The monoisotopic (exact) mass is 438 g/mol. The molecule has 5 nitrogen and oxygen atoms in total. The molecule has 6 atom stereocenters. The van der Waals surface area contributed by atoms with Crippen LogP contribution in [0.4, 0.5) is 5.69 Å². The lowest BCUT2D eigenvalue weighted by atomic mass is 9.55. The molecule has 5 rings (SSSR count). The van der Waals surface area contributed by atoms with Crippen molar-refractivity contribution in [1.82, 2.24) is 4.90 Å². The highest BCUT2D eigenvalue weighted by atomic mass is 16.6. The Morgan fingerprint density at radius 2 is 2.03 bits per heavy atom. The van der Waals surface area contributed by atoms with Crippen molar-refractivity contribution in [3.05, 3.63) is 36.4 Å². The Balaban J connectivity index is 1.24. The summed E-state index contributed by atoms with van der Waals surface area (Å²) < 4.78 is 11.3. The molecule has 1 aromatic carbocycles. The van der Waals surface area contributed by atoms with E-state index in [9.17, 15) is 4.79 Å². The normalized spacial score (nSPS) is 37.6. The number of ether oxygens (including phenoxy) is 2. The van der Waals surface area contributed by atoms with Crippen LogP contribution in [0.25, 0.3) is 0 Å². The van der Waals surface area contributed by atoms with Crippen molar-refractivity contribution >= 4 is 11.7 Å². The van der Waals surface area contributed by atoms with Gasteiger partial charge in [-0.15, -0.1) is 0 Å². The summed E-state index contributed by atoms with van der Waals surface area (Å²) in [7, 11) is 1.70. The summed E-state index contributed by atoms with van der Waals surface area (Å²) >= 11 is 0. The van der Waals surface area contributed by atoms with E-state index in [1.54, 1.807) is 7.11 Å². The molecule has 2 heterocycles. The first-order chi connectivity index (χ1) is 15.4. The zero-order valence-electron chi connectivity index (χ0n) is 19.9. The van der Waals surface area contributed by atoms with Crippen LogP contribution in [0.3, 0.4) is 0 Å². The van der Waals surface area contributed by atoms with Crippen molar-refractivity contribution in [1.29, 1.82) is 0 Å². The lowest BCUT2D eigenvalue weighted by molar-refractivity contribution is -0.146.